The van der Waals surface area contributed by atoms with E-state index in [1.165, 1.54) is 24.3 Å². The highest BCUT2D eigenvalue weighted by Crippen LogP contribution is 2.31. The van der Waals surface area contributed by atoms with Crippen molar-refractivity contribution in [1.82, 2.24) is 15.2 Å². The highest BCUT2D eigenvalue weighted by Gasteiger charge is 2.34. The van der Waals surface area contributed by atoms with Gasteiger partial charge in [0.25, 0.3) is 11.1 Å². The van der Waals surface area contributed by atoms with Crippen molar-refractivity contribution >= 4 is 58.0 Å². The van der Waals surface area contributed by atoms with Crippen LogP contribution in [0.1, 0.15) is 22.7 Å². The van der Waals surface area contributed by atoms with Gasteiger partial charge in [0.2, 0.25) is 5.91 Å². The van der Waals surface area contributed by atoms with Gasteiger partial charge < -0.3 is 5.32 Å². The SMILES string of the molecule is Cc1nc(CSCCC(=O)NCCN2C(=O)SC(=Cc3ccc(F)cc3)C2=O)cs1. The molecule has 1 N–H and O–H groups in total. The van der Waals surface area contributed by atoms with Crippen LogP contribution in [0.4, 0.5) is 9.18 Å². The van der Waals surface area contributed by atoms with E-state index in [9.17, 15) is 18.8 Å². The van der Waals surface area contributed by atoms with E-state index in [4.69, 9.17) is 0 Å². The van der Waals surface area contributed by atoms with Gasteiger partial charge in [-0.15, -0.1) is 11.3 Å². The summed E-state index contributed by atoms with van der Waals surface area (Å²) in [6.07, 6.45) is 1.92. The molecule has 1 aliphatic rings. The Morgan fingerprint density at radius 2 is 2.07 bits per heavy atom. The number of carbonyl (C=O) groups excluding carboxylic acids is 3. The van der Waals surface area contributed by atoms with Crippen LogP contribution in [0.25, 0.3) is 6.08 Å². The Morgan fingerprint density at radius 1 is 1.30 bits per heavy atom. The first-order valence-electron chi connectivity index (χ1n) is 9.19. The zero-order valence-electron chi connectivity index (χ0n) is 16.2. The average molecular weight is 466 g/mol. The molecule has 1 aromatic heterocycles. The van der Waals surface area contributed by atoms with E-state index >= 15 is 0 Å². The van der Waals surface area contributed by atoms with Crippen molar-refractivity contribution in [2.45, 2.75) is 19.1 Å². The fourth-order valence-corrected chi connectivity index (χ4v) is 5.03. The predicted molar refractivity (Wildman–Crippen MR) is 120 cm³/mol. The Bertz CT molecular complexity index is 960. The first-order chi connectivity index (χ1) is 14.4. The van der Waals surface area contributed by atoms with Gasteiger partial charge in [-0.1, -0.05) is 12.1 Å². The summed E-state index contributed by atoms with van der Waals surface area (Å²) in [5.74, 6) is 0.551. The maximum absolute atomic E-state index is 13.0. The van der Waals surface area contributed by atoms with Gasteiger partial charge in [0.1, 0.15) is 5.82 Å². The van der Waals surface area contributed by atoms with Crippen LogP contribution in [-0.4, -0.2) is 45.8 Å². The molecule has 158 valence electrons. The fraction of sp³-hybridized carbons (Fsp3) is 0.300. The Morgan fingerprint density at radius 3 is 2.77 bits per heavy atom. The zero-order chi connectivity index (χ0) is 21.5. The number of carbonyl (C=O) groups is 3. The molecule has 1 fully saturated rings. The number of hydrogen-bond donors (Lipinski definition) is 1. The second kappa shape index (κ2) is 10.7. The maximum Gasteiger partial charge on any atom is 0.293 e. The van der Waals surface area contributed by atoms with Crippen molar-refractivity contribution in [2.24, 2.45) is 0 Å². The van der Waals surface area contributed by atoms with Crippen molar-refractivity contribution in [2.75, 3.05) is 18.8 Å². The van der Waals surface area contributed by atoms with Crippen LogP contribution in [0.2, 0.25) is 0 Å². The first-order valence-corrected chi connectivity index (χ1v) is 12.0. The molecule has 0 aliphatic carbocycles. The molecule has 1 saturated heterocycles. The summed E-state index contributed by atoms with van der Waals surface area (Å²) in [6.45, 7) is 2.28. The summed E-state index contributed by atoms with van der Waals surface area (Å²) in [5.41, 5.74) is 1.66. The van der Waals surface area contributed by atoms with Gasteiger partial charge in [-0.2, -0.15) is 11.8 Å². The normalized spacial score (nSPS) is 15.3. The van der Waals surface area contributed by atoms with E-state index in [1.807, 2.05) is 12.3 Å². The van der Waals surface area contributed by atoms with Crippen LogP contribution < -0.4 is 5.32 Å². The molecule has 2 heterocycles. The fourth-order valence-electron chi connectivity index (χ4n) is 2.61. The molecule has 3 rings (SSSR count). The Balaban J connectivity index is 1.38. The summed E-state index contributed by atoms with van der Waals surface area (Å²) in [5, 5.41) is 5.41. The average Bonchev–Trinajstić information content (AvgIpc) is 3.24. The highest BCUT2D eigenvalue weighted by molar-refractivity contribution is 8.18. The molecule has 10 heteroatoms. The van der Waals surface area contributed by atoms with Crippen molar-refractivity contribution in [3.63, 3.8) is 0 Å². The van der Waals surface area contributed by atoms with E-state index in [0.29, 0.717) is 17.7 Å². The second-order valence-corrected chi connectivity index (χ2v) is 9.56. The first kappa shape index (κ1) is 22.5. The van der Waals surface area contributed by atoms with Crippen LogP contribution in [0.5, 0.6) is 0 Å². The standard InChI is InChI=1S/C20H20FN3O3S3/c1-13-23-16(12-29-13)11-28-9-6-18(25)22-7-8-24-19(26)17(30-20(24)27)10-14-2-4-15(21)5-3-14/h2-5,10,12H,6-9,11H2,1H3,(H,22,25). The van der Waals surface area contributed by atoms with Gasteiger partial charge in [-0.25, -0.2) is 9.37 Å². The molecule has 0 bridgehead atoms. The number of nitrogens with zero attached hydrogens (tertiary/aromatic N) is 2. The minimum atomic E-state index is -0.405. The van der Waals surface area contributed by atoms with E-state index in [0.717, 1.165) is 33.1 Å². The lowest BCUT2D eigenvalue weighted by molar-refractivity contribution is -0.124. The highest BCUT2D eigenvalue weighted by atomic mass is 32.2. The van der Waals surface area contributed by atoms with Crippen molar-refractivity contribution in [3.8, 4) is 0 Å². The van der Waals surface area contributed by atoms with Gasteiger partial charge >= 0.3 is 0 Å². The van der Waals surface area contributed by atoms with Crippen LogP contribution >= 0.6 is 34.9 Å². The summed E-state index contributed by atoms with van der Waals surface area (Å²) in [6, 6.07) is 5.66. The third-order valence-corrected chi connectivity index (χ3v) is 6.81. The quantitative estimate of drug-likeness (QED) is 0.444. The second-order valence-electron chi connectivity index (χ2n) is 6.40. The van der Waals surface area contributed by atoms with Crippen LogP contribution in [0.3, 0.4) is 0 Å². The van der Waals surface area contributed by atoms with Gasteiger partial charge in [-0.3, -0.25) is 19.3 Å². The number of rotatable bonds is 9. The largest absolute Gasteiger partial charge is 0.354 e. The van der Waals surface area contributed by atoms with Crippen LogP contribution in [0.15, 0.2) is 34.6 Å². The van der Waals surface area contributed by atoms with E-state index < -0.39 is 5.91 Å². The van der Waals surface area contributed by atoms with Gasteiger partial charge in [0.05, 0.1) is 15.6 Å². The van der Waals surface area contributed by atoms with E-state index in [2.05, 4.69) is 10.3 Å². The number of halogens is 1. The molecule has 0 unspecified atom stereocenters. The van der Waals surface area contributed by atoms with Gasteiger partial charge in [0.15, 0.2) is 0 Å². The van der Waals surface area contributed by atoms with Crippen molar-refractivity contribution in [3.05, 3.63) is 56.6 Å². The molecule has 1 aliphatic heterocycles. The molecule has 0 spiro atoms. The molecule has 0 atom stereocenters. The minimum absolute atomic E-state index is 0.113. The number of benzene rings is 1. The number of thiazole rings is 1. The number of hydrogen-bond acceptors (Lipinski definition) is 7. The summed E-state index contributed by atoms with van der Waals surface area (Å²) >= 11 is 4.09. The molecule has 0 radical (unpaired) electrons. The smallest absolute Gasteiger partial charge is 0.293 e. The Hall–Kier alpha value is -2.17. The summed E-state index contributed by atoms with van der Waals surface area (Å²) < 4.78 is 13.0. The molecule has 6 nitrogen and oxygen atoms in total. The third-order valence-electron chi connectivity index (χ3n) is 4.09. The molecule has 30 heavy (non-hydrogen) atoms. The third kappa shape index (κ3) is 6.41. The van der Waals surface area contributed by atoms with Crippen LogP contribution in [-0.2, 0) is 15.3 Å². The number of aryl methyl sites for hydroxylation is 1. The number of amides is 3. The number of imide groups is 1. The minimum Gasteiger partial charge on any atom is -0.354 e. The van der Waals surface area contributed by atoms with E-state index in [-0.39, 0.29) is 35.0 Å². The molecule has 0 saturated carbocycles. The molecule has 3 amide bonds. The lowest BCUT2D eigenvalue weighted by Crippen LogP contribution is -2.37. The zero-order valence-corrected chi connectivity index (χ0v) is 18.7. The topological polar surface area (TPSA) is 79.4 Å². The summed E-state index contributed by atoms with van der Waals surface area (Å²) in [4.78, 5) is 42.3. The van der Waals surface area contributed by atoms with E-state index in [1.54, 1.807) is 29.2 Å². The van der Waals surface area contributed by atoms with Crippen molar-refractivity contribution < 1.29 is 18.8 Å². The molecular weight excluding hydrogens is 445 g/mol. The van der Waals surface area contributed by atoms with Gasteiger partial charge in [-0.05, 0) is 42.5 Å². The lowest BCUT2D eigenvalue weighted by atomic mass is 10.2. The number of nitrogens with one attached hydrogen (secondary N) is 1. The monoisotopic (exact) mass is 465 g/mol. The number of thioether (sulfide) groups is 2. The van der Waals surface area contributed by atoms with Gasteiger partial charge in [0, 0.05) is 36.4 Å². The number of aromatic nitrogens is 1. The predicted octanol–water partition coefficient (Wildman–Crippen LogP) is 4.07. The lowest BCUT2D eigenvalue weighted by Gasteiger charge is -2.12. The molecule has 1 aromatic carbocycles. The maximum atomic E-state index is 13.0. The summed E-state index contributed by atoms with van der Waals surface area (Å²) in [7, 11) is 0. The Labute approximate surface area is 186 Å². The molecular formula is C20H20FN3O3S3. The van der Waals surface area contributed by atoms with Crippen molar-refractivity contribution in [1.29, 1.82) is 0 Å². The van der Waals surface area contributed by atoms with Crippen LogP contribution in [0, 0.1) is 12.7 Å². The molecule has 2 aromatic rings. The Kier molecular flexibility index (Phi) is 8.06.